The molecular formula is C28H39N3O4. The molecule has 1 unspecified atom stereocenters. The predicted molar refractivity (Wildman–Crippen MR) is 137 cm³/mol. The minimum absolute atomic E-state index is 0.0746. The van der Waals surface area contributed by atoms with Crippen LogP contribution < -0.4 is 10.1 Å². The number of nitrogens with zero attached hydrogens (tertiary/aromatic N) is 2. The van der Waals surface area contributed by atoms with Gasteiger partial charge in [0.25, 0.3) is 0 Å². The number of carboxylic acids is 1. The summed E-state index contributed by atoms with van der Waals surface area (Å²) < 4.78 is 11.6. The minimum Gasteiger partial charge on any atom is -0.496 e. The van der Waals surface area contributed by atoms with E-state index in [1.54, 1.807) is 7.11 Å². The third-order valence-electron chi connectivity index (χ3n) is 7.16. The summed E-state index contributed by atoms with van der Waals surface area (Å²) in [5.74, 6) is 0.855. The van der Waals surface area contributed by atoms with Crippen LogP contribution in [0.5, 0.6) is 5.75 Å². The van der Waals surface area contributed by atoms with Gasteiger partial charge >= 0.3 is 5.97 Å². The van der Waals surface area contributed by atoms with E-state index in [2.05, 4.69) is 24.4 Å². The van der Waals surface area contributed by atoms with E-state index in [1.807, 2.05) is 23.1 Å². The van der Waals surface area contributed by atoms with Gasteiger partial charge in [0.05, 0.1) is 13.2 Å². The highest BCUT2D eigenvalue weighted by molar-refractivity contribution is 5.77. The number of aryl methyl sites for hydroxylation is 3. The average molecular weight is 482 g/mol. The van der Waals surface area contributed by atoms with Gasteiger partial charge in [-0.1, -0.05) is 25.5 Å². The maximum absolute atomic E-state index is 12.2. The van der Waals surface area contributed by atoms with Gasteiger partial charge in [0.2, 0.25) is 0 Å². The summed E-state index contributed by atoms with van der Waals surface area (Å²) in [6, 6.07) is 9.51. The van der Waals surface area contributed by atoms with Crippen LogP contribution in [0.4, 0.5) is 5.82 Å². The first-order valence-electron chi connectivity index (χ1n) is 13.1. The van der Waals surface area contributed by atoms with E-state index in [0.29, 0.717) is 25.4 Å². The molecule has 0 amide bonds. The molecule has 1 aromatic heterocycles. The Morgan fingerprint density at radius 2 is 2.14 bits per heavy atom. The van der Waals surface area contributed by atoms with Crippen molar-refractivity contribution in [2.24, 2.45) is 0 Å². The molecule has 0 aliphatic carbocycles. The SMILES string of the molecule is CCc1ccc(OC)c(C(C(=O)O)N2CC[C@@H](OCCCCCc3ccc4c(n3)NCCC4)C2)c1. The summed E-state index contributed by atoms with van der Waals surface area (Å²) in [4.78, 5) is 19.0. The number of aromatic nitrogens is 1. The molecule has 7 heteroatoms. The van der Waals surface area contributed by atoms with Crippen LogP contribution in [-0.2, 0) is 28.8 Å². The second-order valence-corrected chi connectivity index (χ2v) is 9.60. The van der Waals surface area contributed by atoms with Crippen LogP contribution in [0.3, 0.4) is 0 Å². The number of carbonyl (C=O) groups is 1. The number of rotatable bonds is 12. The third-order valence-corrected chi connectivity index (χ3v) is 7.16. The summed E-state index contributed by atoms with van der Waals surface area (Å²) in [6.07, 6.45) is 8.29. The largest absolute Gasteiger partial charge is 0.496 e. The lowest BCUT2D eigenvalue weighted by Gasteiger charge is -2.26. The van der Waals surface area contributed by atoms with Crippen molar-refractivity contribution in [3.8, 4) is 5.75 Å². The highest BCUT2D eigenvalue weighted by atomic mass is 16.5. The molecule has 0 radical (unpaired) electrons. The van der Waals surface area contributed by atoms with Crippen LogP contribution in [-0.4, -0.2) is 60.4 Å². The van der Waals surface area contributed by atoms with Crippen LogP contribution in [0, 0.1) is 0 Å². The van der Waals surface area contributed by atoms with Gasteiger partial charge in [0, 0.05) is 37.5 Å². The zero-order valence-corrected chi connectivity index (χ0v) is 21.1. The Morgan fingerprint density at radius 1 is 1.26 bits per heavy atom. The number of ether oxygens (including phenoxy) is 2. The number of hydrogen-bond donors (Lipinski definition) is 2. The summed E-state index contributed by atoms with van der Waals surface area (Å²) in [5.41, 5.74) is 4.33. The van der Waals surface area contributed by atoms with Crippen molar-refractivity contribution >= 4 is 11.8 Å². The molecule has 2 N–H and O–H groups in total. The van der Waals surface area contributed by atoms with Crippen molar-refractivity contribution in [3.63, 3.8) is 0 Å². The Bertz CT molecular complexity index is 996. The van der Waals surface area contributed by atoms with Gasteiger partial charge in [-0.25, -0.2) is 4.98 Å². The molecule has 0 spiro atoms. The first kappa shape index (κ1) is 25.5. The molecule has 0 bridgehead atoms. The van der Waals surface area contributed by atoms with Crippen LogP contribution in [0.15, 0.2) is 30.3 Å². The molecule has 2 aliphatic heterocycles. The fourth-order valence-electron chi connectivity index (χ4n) is 5.17. The van der Waals surface area contributed by atoms with Gasteiger partial charge < -0.3 is 19.9 Å². The number of nitrogens with one attached hydrogen (secondary N) is 1. The van der Waals surface area contributed by atoms with Gasteiger partial charge in [-0.3, -0.25) is 9.69 Å². The van der Waals surface area contributed by atoms with Gasteiger partial charge in [0.15, 0.2) is 0 Å². The number of methoxy groups -OCH3 is 1. The normalized spacial score (nSPS) is 18.6. The number of unbranched alkanes of at least 4 members (excludes halogenated alkanes) is 2. The Kier molecular flexibility index (Phi) is 8.99. The summed E-state index contributed by atoms with van der Waals surface area (Å²) in [7, 11) is 1.60. The number of anilines is 1. The van der Waals surface area contributed by atoms with Crippen LogP contribution in [0.25, 0.3) is 0 Å². The molecule has 1 saturated heterocycles. The van der Waals surface area contributed by atoms with E-state index >= 15 is 0 Å². The lowest BCUT2D eigenvalue weighted by molar-refractivity contribution is -0.143. The van der Waals surface area contributed by atoms with Gasteiger partial charge in [-0.15, -0.1) is 0 Å². The van der Waals surface area contributed by atoms with Gasteiger partial charge in [-0.05, 0) is 74.3 Å². The van der Waals surface area contributed by atoms with Crippen molar-refractivity contribution in [2.75, 3.05) is 38.7 Å². The van der Waals surface area contributed by atoms with E-state index in [4.69, 9.17) is 14.5 Å². The number of benzene rings is 1. The number of fused-ring (bicyclic) bond motifs is 1. The van der Waals surface area contributed by atoms with Crippen molar-refractivity contribution in [1.29, 1.82) is 0 Å². The fourth-order valence-corrected chi connectivity index (χ4v) is 5.17. The smallest absolute Gasteiger partial charge is 0.325 e. The third kappa shape index (κ3) is 6.53. The van der Waals surface area contributed by atoms with Crippen molar-refractivity contribution in [3.05, 3.63) is 52.7 Å². The maximum Gasteiger partial charge on any atom is 0.325 e. The van der Waals surface area contributed by atoms with Gasteiger partial charge in [0.1, 0.15) is 17.6 Å². The number of likely N-dealkylation sites (tertiary alicyclic amines) is 1. The van der Waals surface area contributed by atoms with E-state index in [0.717, 1.165) is 74.1 Å². The van der Waals surface area contributed by atoms with E-state index in [-0.39, 0.29) is 6.10 Å². The maximum atomic E-state index is 12.2. The molecule has 190 valence electrons. The minimum atomic E-state index is -0.844. The van der Waals surface area contributed by atoms with Crippen molar-refractivity contribution < 1.29 is 19.4 Å². The Labute approximate surface area is 208 Å². The molecule has 2 atom stereocenters. The summed E-state index contributed by atoms with van der Waals surface area (Å²) in [6.45, 7) is 5.14. The number of hydrogen-bond acceptors (Lipinski definition) is 6. The standard InChI is InChI=1S/C28H39N3O4/c1-3-20-10-13-25(34-2)24(18-20)26(28(32)33)31-16-14-23(19-31)35-17-6-4-5-9-22-12-11-21-8-7-15-29-27(21)30-22/h10-13,18,23,26H,3-9,14-17,19H2,1-2H3,(H,29,30)(H,32,33)/t23-,26?/m1/s1. The number of pyridine rings is 1. The molecule has 4 rings (SSSR count). The monoisotopic (exact) mass is 481 g/mol. The summed E-state index contributed by atoms with van der Waals surface area (Å²) in [5, 5.41) is 13.4. The average Bonchev–Trinajstić information content (AvgIpc) is 3.34. The van der Waals surface area contributed by atoms with E-state index in [1.165, 1.54) is 12.0 Å². The highest BCUT2D eigenvalue weighted by Gasteiger charge is 2.35. The zero-order valence-electron chi connectivity index (χ0n) is 21.1. The molecule has 35 heavy (non-hydrogen) atoms. The highest BCUT2D eigenvalue weighted by Crippen LogP contribution is 2.33. The van der Waals surface area contributed by atoms with Crippen LogP contribution in [0.1, 0.15) is 67.5 Å². The quantitative estimate of drug-likeness (QED) is 0.427. The summed E-state index contributed by atoms with van der Waals surface area (Å²) >= 11 is 0. The van der Waals surface area contributed by atoms with Crippen molar-refractivity contribution in [1.82, 2.24) is 9.88 Å². The first-order chi connectivity index (χ1) is 17.1. The Hall–Kier alpha value is -2.64. The topological polar surface area (TPSA) is 83.9 Å². The van der Waals surface area contributed by atoms with E-state index < -0.39 is 12.0 Å². The molecule has 0 saturated carbocycles. The zero-order chi connectivity index (χ0) is 24.6. The lowest BCUT2D eigenvalue weighted by Crippen LogP contribution is -2.33. The molecule has 1 aromatic carbocycles. The Balaban J connectivity index is 1.21. The van der Waals surface area contributed by atoms with Crippen LogP contribution in [0.2, 0.25) is 0 Å². The molecule has 7 nitrogen and oxygen atoms in total. The Morgan fingerprint density at radius 3 is 2.94 bits per heavy atom. The molecule has 2 aliphatic rings. The molecule has 3 heterocycles. The molecular weight excluding hydrogens is 442 g/mol. The second-order valence-electron chi connectivity index (χ2n) is 9.60. The van der Waals surface area contributed by atoms with Crippen LogP contribution >= 0.6 is 0 Å². The first-order valence-corrected chi connectivity index (χ1v) is 13.1. The second kappa shape index (κ2) is 12.4. The fraction of sp³-hybridized carbons (Fsp3) is 0.571. The number of aliphatic carboxylic acids is 1. The number of carboxylic acid groups (broad SMARTS) is 1. The molecule has 2 aromatic rings. The predicted octanol–water partition coefficient (Wildman–Crippen LogP) is 4.64. The molecule has 1 fully saturated rings. The van der Waals surface area contributed by atoms with Crippen molar-refractivity contribution in [2.45, 2.75) is 70.4 Å². The van der Waals surface area contributed by atoms with E-state index in [9.17, 15) is 9.90 Å². The lowest BCUT2D eigenvalue weighted by atomic mass is 10.0. The van der Waals surface area contributed by atoms with Gasteiger partial charge in [-0.2, -0.15) is 0 Å².